The first kappa shape index (κ1) is 12.9. The number of nitrogen functional groups attached to an aromatic ring is 1. The van der Waals surface area contributed by atoms with Crippen molar-refractivity contribution in [1.82, 2.24) is 15.5 Å². The summed E-state index contributed by atoms with van der Waals surface area (Å²) in [4.78, 5) is 11.9. The third-order valence-electron chi connectivity index (χ3n) is 3.75. The molecule has 2 rings (SSSR count). The van der Waals surface area contributed by atoms with Crippen LogP contribution in [0.2, 0.25) is 0 Å². The highest BCUT2D eigenvalue weighted by Crippen LogP contribution is 2.28. The molecule has 100 valence electrons. The van der Waals surface area contributed by atoms with E-state index in [1.54, 1.807) is 6.92 Å². The third-order valence-corrected chi connectivity index (χ3v) is 3.75. The molecule has 0 bridgehead atoms. The summed E-state index contributed by atoms with van der Waals surface area (Å²) in [6, 6.07) is 0. The van der Waals surface area contributed by atoms with Crippen molar-refractivity contribution >= 4 is 11.7 Å². The average Bonchev–Trinajstić information content (AvgIpc) is 2.95. The lowest BCUT2D eigenvalue weighted by atomic mass is 10.0. The summed E-state index contributed by atoms with van der Waals surface area (Å²) in [6.07, 6.45) is 7.75. The van der Waals surface area contributed by atoms with Crippen molar-refractivity contribution < 1.29 is 4.79 Å². The monoisotopic (exact) mass is 250 g/mol. The van der Waals surface area contributed by atoms with Crippen molar-refractivity contribution in [3.8, 4) is 0 Å². The molecule has 1 aromatic rings. The largest absolute Gasteiger partial charge is 0.382 e. The molecule has 1 aliphatic carbocycles. The maximum atomic E-state index is 11.9. The molecule has 0 saturated heterocycles. The molecule has 4 N–H and O–H groups in total. The molecular formula is C13H22N4O. The highest BCUT2D eigenvalue weighted by molar-refractivity contribution is 5.99. The summed E-state index contributed by atoms with van der Waals surface area (Å²) in [5.41, 5.74) is 6.85. The molecular weight excluding hydrogens is 228 g/mol. The number of nitrogens with one attached hydrogen (secondary N) is 2. The van der Waals surface area contributed by atoms with Gasteiger partial charge in [-0.15, -0.1) is 0 Å². The highest BCUT2D eigenvalue weighted by Gasteiger charge is 2.16. The van der Waals surface area contributed by atoms with Crippen LogP contribution in [-0.4, -0.2) is 22.6 Å². The second kappa shape index (κ2) is 5.89. The van der Waals surface area contributed by atoms with Gasteiger partial charge in [-0.2, -0.15) is 5.10 Å². The van der Waals surface area contributed by atoms with Crippen LogP contribution >= 0.6 is 0 Å². The van der Waals surface area contributed by atoms with Gasteiger partial charge in [0, 0.05) is 12.2 Å². The van der Waals surface area contributed by atoms with Gasteiger partial charge in [0.2, 0.25) is 0 Å². The molecule has 1 saturated carbocycles. The van der Waals surface area contributed by atoms with Gasteiger partial charge in [0.15, 0.2) is 5.82 Å². The number of aromatic amines is 1. The fourth-order valence-corrected chi connectivity index (χ4v) is 2.71. The van der Waals surface area contributed by atoms with E-state index in [0.29, 0.717) is 5.56 Å². The first-order valence-electron chi connectivity index (χ1n) is 6.77. The molecule has 1 amide bonds. The number of H-pyrrole nitrogens is 1. The van der Waals surface area contributed by atoms with E-state index in [2.05, 4.69) is 15.5 Å². The van der Waals surface area contributed by atoms with Crippen LogP contribution in [0.5, 0.6) is 0 Å². The minimum Gasteiger partial charge on any atom is -0.382 e. The number of nitrogens with two attached hydrogens (primary N) is 1. The molecule has 0 unspecified atom stereocenters. The number of nitrogens with zero attached hydrogens (tertiary/aromatic N) is 1. The topological polar surface area (TPSA) is 83.8 Å². The molecule has 1 heterocycles. The summed E-state index contributed by atoms with van der Waals surface area (Å²) in [5.74, 6) is 1.04. The zero-order valence-corrected chi connectivity index (χ0v) is 11.0. The number of carbonyl (C=O) groups is 1. The predicted octanol–water partition coefficient (Wildman–Crippen LogP) is 2.00. The fraction of sp³-hybridized carbons (Fsp3) is 0.692. The maximum absolute atomic E-state index is 11.9. The number of aromatic nitrogens is 2. The lowest BCUT2D eigenvalue weighted by Gasteiger charge is -2.09. The maximum Gasteiger partial charge on any atom is 0.256 e. The lowest BCUT2D eigenvalue weighted by molar-refractivity contribution is 0.0953. The van der Waals surface area contributed by atoms with Gasteiger partial charge in [0.1, 0.15) is 5.56 Å². The zero-order valence-electron chi connectivity index (χ0n) is 11.0. The summed E-state index contributed by atoms with van der Waals surface area (Å²) >= 11 is 0. The first-order valence-corrected chi connectivity index (χ1v) is 6.77. The Labute approximate surface area is 108 Å². The Morgan fingerprint density at radius 2 is 2.22 bits per heavy atom. The Bertz CT molecular complexity index is 388. The smallest absolute Gasteiger partial charge is 0.256 e. The van der Waals surface area contributed by atoms with E-state index in [9.17, 15) is 4.79 Å². The van der Waals surface area contributed by atoms with Gasteiger partial charge in [-0.3, -0.25) is 9.89 Å². The third kappa shape index (κ3) is 3.03. The molecule has 0 atom stereocenters. The quantitative estimate of drug-likeness (QED) is 0.699. The van der Waals surface area contributed by atoms with Crippen LogP contribution in [0.25, 0.3) is 0 Å². The standard InChI is InChI=1S/C13H22N4O/c1-9-11(12(14)17-16-9)13(18)15-8-4-7-10-5-2-3-6-10/h10H,2-8H2,1H3,(H,15,18)(H3,14,16,17). The van der Waals surface area contributed by atoms with E-state index in [-0.39, 0.29) is 11.7 Å². The summed E-state index contributed by atoms with van der Waals surface area (Å²) in [6.45, 7) is 2.52. The Morgan fingerprint density at radius 1 is 1.50 bits per heavy atom. The Balaban J connectivity index is 1.71. The number of amides is 1. The Kier molecular flexibility index (Phi) is 4.23. The Morgan fingerprint density at radius 3 is 2.83 bits per heavy atom. The zero-order chi connectivity index (χ0) is 13.0. The van der Waals surface area contributed by atoms with Crippen LogP contribution in [0.3, 0.4) is 0 Å². The molecule has 0 spiro atoms. The normalized spacial score (nSPS) is 16.1. The Hall–Kier alpha value is -1.52. The van der Waals surface area contributed by atoms with Crippen LogP contribution in [0.1, 0.15) is 54.6 Å². The van der Waals surface area contributed by atoms with Crippen LogP contribution in [0, 0.1) is 12.8 Å². The van der Waals surface area contributed by atoms with E-state index in [1.165, 1.54) is 32.1 Å². The first-order chi connectivity index (χ1) is 8.68. The van der Waals surface area contributed by atoms with E-state index < -0.39 is 0 Å². The number of aryl methyl sites for hydroxylation is 1. The van der Waals surface area contributed by atoms with Gasteiger partial charge in [0.05, 0.1) is 0 Å². The second-order valence-electron chi connectivity index (χ2n) is 5.16. The molecule has 0 aromatic carbocycles. The van der Waals surface area contributed by atoms with Gasteiger partial charge >= 0.3 is 0 Å². The van der Waals surface area contributed by atoms with Crippen molar-refractivity contribution in [3.05, 3.63) is 11.3 Å². The van der Waals surface area contributed by atoms with Gasteiger partial charge in [-0.05, 0) is 25.7 Å². The van der Waals surface area contributed by atoms with Gasteiger partial charge < -0.3 is 11.1 Å². The van der Waals surface area contributed by atoms with Crippen LogP contribution in [0.4, 0.5) is 5.82 Å². The van der Waals surface area contributed by atoms with E-state index in [1.807, 2.05) is 0 Å². The molecule has 5 nitrogen and oxygen atoms in total. The van der Waals surface area contributed by atoms with E-state index in [4.69, 9.17) is 5.73 Å². The fourth-order valence-electron chi connectivity index (χ4n) is 2.71. The molecule has 1 fully saturated rings. The number of carbonyl (C=O) groups excluding carboxylic acids is 1. The summed E-state index contributed by atoms with van der Waals surface area (Å²) in [5, 5.41) is 9.45. The second-order valence-corrected chi connectivity index (χ2v) is 5.16. The predicted molar refractivity (Wildman–Crippen MR) is 71.3 cm³/mol. The van der Waals surface area contributed by atoms with Crippen molar-refractivity contribution in [2.24, 2.45) is 5.92 Å². The minimum absolute atomic E-state index is 0.120. The van der Waals surface area contributed by atoms with E-state index in [0.717, 1.165) is 24.6 Å². The van der Waals surface area contributed by atoms with Crippen molar-refractivity contribution in [2.75, 3.05) is 12.3 Å². The number of anilines is 1. The number of hydrogen-bond acceptors (Lipinski definition) is 3. The van der Waals surface area contributed by atoms with Crippen molar-refractivity contribution in [2.45, 2.75) is 45.4 Å². The van der Waals surface area contributed by atoms with Crippen molar-refractivity contribution in [3.63, 3.8) is 0 Å². The average molecular weight is 250 g/mol. The van der Waals surface area contributed by atoms with Gasteiger partial charge in [-0.25, -0.2) is 0 Å². The molecule has 1 aromatic heterocycles. The van der Waals surface area contributed by atoms with Crippen LogP contribution < -0.4 is 11.1 Å². The molecule has 18 heavy (non-hydrogen) atoms. The van der Waals surface area contributed by atoms with Gasteiger partial charge in [-0.1, -0.05) is 25.7 Å². The van der Waals surface area contributed by atoms with Crippen LogP contribution in [0.15, 0.2) is 0 Å². The SMILES string of the molecule is Cc1[nH]nc(N)c1C(=O)NCCCC1CCCC1. The summed E-state index contributed by atoms with van der Waals surface area (Å²) in [7, 11) is 0. The van der Waals surface area contributed by atoms with Crippen LogP contribution in [-0.2, 0) is 0 Å². The minimum atomic E-state index is -0.120. The molecule has 1 aliphatic rings. The van der Waals surface area contributed by atoms with Gasteiger partial charge in [0.25, 0.3) is 5.91 Å². The summed E-state index contributed by atoms with van der Waals surface area (Å²) < 4.78 is 0. The lowest BCUT2D eigenvalue weighted by Crippen LogP contribution is -2.25. The number of hydrogen-bond donors (Lipinski definition) is 3. The molecule has 0 aliphatic heterocycles. The molecule has 5 heteroatoms. The molecule has 0 radical (unpaired) electrons. The number of rotatable bonds is 5. The van der Waals surface area contributed by atoms with E-state index >= 15 is 0 Å². The highest BCUT2D eigenvalue weighted by atomic mass is 16.1. The van der Waals surface area contributed by atoms with Crippen molar-refractivity contribution in [1.29, 1.82) is 0 Å².